The summed E-state index contributed by atoms with van der Waals surface area (Å²) in [6, 6.07) is 4.37. The molecule has 0 spiro atoms. The molecule has 1 aromatic carbocycles. The van der Waals surface area contributed by atoms with Gasteiger partial charge in [-0.25, -0.2) is 0 Å². The van der Waals surface area contributed by atoms with Crippen LogP contribution in [0.1, 0.15) is 35.7 Å². The minimum atomic E-state index is -0.658. The van der Waals surface area contributed by atoms with Gasteiger partial charge >= 0.3 is 0 Å². The van der Waals surface area contributed by atoms with Crippen LogP contribution in [-0.2, 0) is 6.54 Å². The molecule has 0 saturated heterocycles. The summed E-state index contributed by atoms with van der Waals surface area (Å²) in [5.41, 5.74) is 5.82. The molecule has 1 aromatic rings. The van der Waals surface area contributed by atoms with E-state index in [-0.39, 0.29) is 11.3 Å². The van der Waals surface area contributed by atoms with Gasteiger partial charge in [-0.2, -0.15) is 0 Å². The summed E-state index contributed by atoms with van der Waals surface area (Å²) in [5, 5.41) is 11.0. The number of carbonyl (C=O) groups excluding carboxylic acids is 1. The highest BCUT2D eigenvalue weighted by Crippen LogP contribution is 2.21. The Bertz CT molecular complexity index is 474. The Labute approximate surface area is 112 Å². The number of amides is 1. The van der Waals surface area contributed by atoms with Crippen molar-refractivity contribution < 1.29 is 9.72 Å². The Kier molecular flexibility index (Phi) is 5.44. The first kappa shape index (κ1) is 15.1. The van der Waals surface area contributed by atoms with E-state index < -0.39 is 10.8 Å². The fourth-order valence-corrected chi connectivity index (χ4v) is 1.82. The van der Waals surface area contributed by atoms with Gasteiger partial charge in [0.15, 0.2) is 0 Å². The molecule has 0 fully saturated rings. The number of carbonyl (C=O) groups is 1. The third-order valence-electron chi connectivity index (χ3n) is 2.90. The van der Waals surface area contributed by atoms with E-state index >= 15 is 0 Å². The van der Waals surface area contributed by atoms with Crippen LogP contribution in [0.2, 0.25) is 0 Å². The zero-order valence-electron chi connectivity index (χ0n) is 11.3. The van der Waals surface area contributed by atoms with E-state index in [2.05, 4.69) is 6.92 Å². The fraction of sp³-hybridized carbons (Fsp3) is 0.462. The van der Waals surface area contributed by atoms with Crippen LogP contribution in [0.4, 0.5) is 5.69 Å². The number of primary amides is 1. The van der Waals surface area contributed by atoms with Crippen molar-refractivity contribution in [1.29, 1.82) is 0 Å². The molecule has 6 nitrogen and oxygen atoms in total. The summed E-state index contributed by atoms with van der Waals surface area (Å²) < 4.78 is 0. The minimum Gasteiger partial charge on any atom is -0.366 e. The molecular weight excluding hydrogens is 246 g/mol. The molecule has 6 heteroatoms. The SMILES string of the molecule is CCCCN(C)Cc1ccc(C(N)=O)cc1[N+](=O)[O-]. The van der Waals surface area contributed by atoms with Crippen molar-refractivity contribution in [2.45, 2.75) is 26.3 Å². The quantitative estimate of drug-likeness (QED) is 0.602. The van der Waals surface area contributed by atoms with Crippen molar-refractivity contribution in [3.05, 3.63) is 39.4 Å². The third kappa shape index (κ3) is 4.33. The van der Waals surface area contributed by atoms with Gasteiger partial charge in [-0.05, 0) is 26.1 Å². The van der Waals surface area contributed by atoms with Gasteiger partial charge in [0.2, 0.25) is 5.91 Å². The van der Waals surface area contributed by atoms with Crippen molar-refractivity contribution in [2.24, 2.45) is 5.73 Å². The number of hydrogen-bond donors (Lipinski definition) is 1. The number of nitro groups is 1. The Balaban J connectivity index is 2.94. The van der Waals surface area contributed by atoms with Crippen LogP contribution in [0.5, 0.6) is 0 Å². The molecule has 0 aliphatic carbocycles. The number of nitrogens with zero attached hydrogens (tertiary/aromatic N) is 2. The molecule has 0 aromatic heterocycles. The van der Waals surface area contributed by atoms with Gasteiger partial charge in [0.25, 0.3) is 5.69 Å². The highest BCUT2D eigenvalue weighted by Gasteiger charge is 2.17. The Morgan fingerprint density at radius 3 is 2.68 bits per heavy atom. The normalized spacial score (nSPS) is 10.7. The van der Waals surface area contributed by atoms with E-state index in [0.29, 0.717) is 12.1 Å². The van der Waals surface area contributed by atoms with Crippen molar-refractivity contribution in [1.82, 2.24) is 4.90 Å². The summed E-state index contributed by atoms with van der Waals surface area (Å²) in [6.45, 7) is 3.46. The van der Waals surface area contributed by atoms with Gasteiger partial charge in [-0.1, -0.05) is 19.4 Å². The molecule has 0 unspecified atom stereocenters. The lowest BCUT2D eigenvalue weighted by atomic mass is 10.1. The van der Waals surface area contributed by atoms with Crippen LogP contribution >= 0.6 is 0 Å². The fourth-order valence-electron chi connectivity index (χ4n) is 1.82. The van der Waals surface area contributed by atoms with E-state index in [9.17, 15) is 14.9 Å². The van der Waals surface area contributed by atoms with Crippen LogP contribution < -0.4 is 5.73 Å². The first-order valence-corrected chi connectivity index (χ1v) is 6.21. The average molecular weight is 265 g/mol. The van der Waals surface area contributed by atoms with Gasteiger partial charge in [0, 0.05) is 23.7 Å². The molecule has 2 N–H and O–H groups in total. The second-order valence-corrected chi connectivity index (χ2v) is 4.56. The van der Waals surface area contributed by atoms with Crippen molar-refractivity contribution in [3.63, 3.8) is 0 Å². The van der Waals surface area contributed by atoms with Gasteiger partial charge in [0.05, 0.1) is 4.92 Å². The van der Waals surface area contributed by atoms with E-state index in [1.807, 2.05) is 11.9 Å². The molecule has 0 radical (unpaired) electrons. The molecule has 0 bridgehead atoms. The van der Waals surface area contributed by atoms with Crippen LogP contribution in [0, 0.1) is 10.1 Å². The van der Waals surface area contributed by atoms with E-state index in [1.54, 1.807) is 6.07 Å². The van der Waals surface area contributed by atoms with Gasteiger partial charge in [0.1, 0.15) is 0 Å². The molecule has 0 saturated carbocycles. The highest BCUT2D eigenvalue weighted by atomic mass is 16.6. The van der Waals surface area contributed by atoms with Crippen molar-refractivity contribution >= 4 is 11.6 Å². The van der Waals surface area contributed by atoms with Crippen LogP contribution in [0.3, 0.4) is 0 Å². The molecule has 1 rings (SSSR count). The lowest BCUT2D eigenvalue weighted by Crippen LogP contribution is -2.20. The van der Waals surface area contributed by atoms with E-state index in [0.717, 1.165) is 19.4 Å². The van der Waals surface area contributed by atoms with Crippen LogP contribution in [-0.4, -0.2) is 29.3 Å². The number of benzene rings is 1. The second-order valence-electron chi connectivity index (χ2n) is 4.56. The number of unbranched alkanes of at least 4 members (excludes halogenated alkanes) is 1. The molecule has 19 heavy (non-hydrogen) atoms. The first-order chi connectivity index (χ1) is 8.95. The Morgan fingerprint density at radius 2 is 2.16 bits per heavy atom. The number of hydrogen-bond acceptors (Lipinski definition) is 4. The molecule has 0 heterocycles. The largest absolute Gasteiger partial charge is 0.366 e. The lowest BCUT2D eigenvalue weighted by molar-refractivity contribution is -0.385. The monoisotopic (exact) mass is 265 g/mol. The highest BCUT2D eigenvalue weighted by molar-refractivity contribution is 5.93. The summed E-state index contributed by atoms with van der Waals surface area (Å²) in [6.07, 6.45) is 2.12. The number of rotatable bonds is 7. The first-order valence-electron chi connectivity index (χ1n) is 6.21. The van der Waals surface area contributed by atoms with E-state index in [1.165, 1.54) is 12.1 Å². The average Bonchev–Trinajstić information content (AvgIpc) is 2.36. The second kappa shape index (κ2) is 6.84. The predicted octanol–water partition coefficient (Wildman–Crippen LogP) is 1.93. The molecule has 0 atom stereocenters. The minimum absolute atomic E-state index is 0.0559. The molecule has 0 aliphatic rings. The maximum Gasteiger partial charge on any atom is 0.274 e. The summed E-state index contributed by atoms with van der Waals surface area (Å²) in [4.78, 5) is 23.6. The van der Waals surface area contributed by atoms with Crippen LogP contribution in [0.25, 0.3) is 0 Å². The molecular formula is C13H19N3O3. The maximum atomic E-state index is 11.0. The van der Waals surface area contributed by atoms with Gasteiger partial charge in [-0.3, -0.25) is 14.9 Å². The predicted molar refractivity (Wildman–Crippen MR) is 72.9 cm³/mol. The third-order valence-corrected chi connectivity index (χ3v) is 2.90. The zero-order chi connectivity index (χ0) is 14.4. The summed E-state index contributed by atoms with van der Waals surface area (Å²) in [7, 11) is 1.92. The maximum absolute atomic E-state index is 11.0. The van der Waals surface area contributed by atoms with Crippen LogP contribution in [0.15, 0.2) is 18.2 Å². The van der Waals surface area contributed by atoms with Gasteiger partial charge < -0.3 is 10.6 Å². The standard InChI is InChI=1S/C13H19N3O3/c1-3-4-7-15(2)9-11-6-5-10(13(14)17)8-12(11)16(18)19/h5-6,8H,3-4,7,9H2,1-2H3,(H2,14,17). The Morgan fingerprint density at radius 1 is 1.47 bits per heavy atom. The summed E-state index contributed by atoms with van der Waals surface area (Å²) in [5.74, 6) is -0.658. The number of nitro benzene ring substituents is 1. The smallest absolute Gasteiger partial charge is 0.274 e. The van der Waals surface area contributed by atoms with Crippen molar-refractivity contribution in [2.75, 3.05) is 13.6 Å². The Hall–Kier alpha value is -1.95. The van der Waals surface area contributed by atoms with E-state index in [4.69, 9.17) is 5.73 Å². The molecule has 1 amide bonds. The topological polar surface area (TPSA) is 89.5 Å². The van der Waals surface area contributed by atoms with Gasteiger partial charge in [-0.15, -0.1) is 0 Å². The zero-order valence-corrected chi connectivity index (χ0v) is 11.3. The molecule has 104 valence electrons. The van der Waals surface area contributed by atoms with Crippen molar-refractivity contribution in [3.8, 4) is 0 Å². The number of nitrogens with two attached hydrogens (primary N) is 1. The molecule has 0 aliphatic heterocycles. The summed E-state index contributed by atoms with van der Waals surface area (Å²) >= 11 is 0. The lowest BCUT2D eigenvalue weighted by Gasteiger charge is -2.16.